The zero-order chi connectivity index (χ0) is 28.8. The SMILES string of the molecule is Nc1ccc(OCc2cc(Nc3nccc(-c4ccc(C(=O)O)cc4[N+](=O)[O-])n3)ccc2OC2CCCOC2)cc1. The van der Waals surface area contributed by atoms with Crippen molar-refractivity contribution in [1.29, 1.82) is 0 Å². The molecular formula is C29H27N5O7. The highest BCUT2D eigenvalue weighted by Crippen LogP contribution is 2.32. The number of nitro benzene ring substituents is 1. The Labute approximate surface area is 234 Å². The van der Waals surface area contributed by atoms with Crippen molar-refractivity contribution < 1.29 is 29.0 Å². The Morgan fingerprint density at radius 2 is 1.98 bits per heavy atom. The molecular weight excluding hydrogens is 530 g/mol. The molecule has 1 aliphatic rings. The number of carboxylic acid groups (broad SMARTS) is 1. The van der Waals surface area contributed by atoms with E-state index in [1.807, 2.05) is 18.2 Å². The second-order valence-electron chi connectivity index (χ2n) is 9.32. The average Bonchev–Trinajstić information content (AvgIpc) is 2.98. The highest BCUT2D eigenvalue weighted by atomic mass is 16.6. The van der Waals surface area contributed by atoms with Crippen LogP contribution in [-0.4, -0.2) is 45.3 Å². The fourth-order valence-electron chi connectivity index (χ4n) is 4.32. The number of nitrogens with zero attached hydrogens (tertiary/aromatic N) is 3. The minimum atomic E-state index is -1.26. The van der Waals surface area contributed by atoms with Gasteiger partial charge in [0.25, 0.3) is 5.69 Å². The summed E-state index contributed by atoms with van der Waals surface area (Å²) in [5, 5.41) is 24.0. The number of hydrogen-bond acceptors (Lipinski definition) is 10. The first kappa shape index (κ1) is 27.3. The normalized spacial score (nSPS) is 14.7. The summed E-state index contributed by atoms with van der Waals surface area (Å²) < 4.78 is 17.8. The standard InChI is InChI=1S/C29H27N5O7/c30-20-4-7-22(8-5-20)40-16-19-14-21(6-10-27(19)41-23-2-1-13-39-17-23)32-29-31-12-11-25(33-29)24-9-3-18(28(35)36)15-26(24)34(37)38/h3-12,14-15,23H,1-2,13,16-17,30H2,(H,35,36)(H,31,32,33). The van der Waals surface area contributed by atoms with Crippen molar-refractivity contribution in [2.24, 2.45) is 0 Å². The first-order valence-electron chi connectivity index (χ1n) is 12.8. The number of anilines is 3. The Morgan fingerprint density at radius 1 is 1.15 bits per heavy atom. The van der Waals surface area contributed by atoms with Crippen LogP contribution >= 0.6 is 0 Å². The van der Waals surface area contributed by atoms with Gasteiger partial charge in [0.05, 0.1) is 28.4 Å². The number of aromatic carboxylic acids is 1. The smallest absolute Gasteiger partial charge is 0.335 e. The molecule has 0 radical (unpaired) electrons. The van der Waals surface area contributed by atoms with Crippen molar-refractivity contribution in [2.75, 3.05) is 24.3 Å². The van der Waals surface area contributed by atoms with E-state index in [-0.39, 0.29) is 41.2 Å². The number of nitrogen functional groups attached to an aromatic ring is 1. The van der Waals surface area contributed by atoms with Crippen LogP contribution in [0.3, 0.4) is 0 Å². The van der Waals surface area contributed by atoms with E-state index in [0.717, 1.165) is 31.1 Å². The molecule has 3 aromatic carbocycles. The number of nitrogens with one attached hydrogen (secondary N) is 1. The van der Waals surface area contributed by atoms with Crippen molar-refractivity contribution in [1.82, 2.24) is 9.97 Å². The number of carbonyl (C=O) groups is 1. The second kappa shape index (κ2) is 12.3. The summed E-state index contributed by atoms with van der Waals surface area (Å²) in [7, 11) is 0. The van der Waals surface area contributed by atoms with Crippen molar-refractivity contribution in [3.05, 3.63) is 94.2 Å². The minimum absolute atomic E-state index is 0.0684. The number of nitrogens with two attached hydrogens (primary N) is 1. The summed E-state index contributed by atoms with van der Waals surface area (Å²) in [6.45, 7) is 1.45. The van der Waals surface area contributed by atoms with E-state index in [9.17, 15) is 20.0 Å². The molecule has 1 fully saturated rings. The average molecular weight is 558 g/mol. The lowest BCUT2D eigenvalue weighted by molar-refractivity contribution is -0.384. The predicted molar refractivity (Wildman–Crippen MR) is 150 cm³/mol. The molecule has 1 aromatic heterocycles. The molecule has 5 rings (SSSR count). The van der Waals surface area contributed by atoms with Crippen LogP contribution in [0.15, 0.2) is 72.9 Å². The summed E-state index contributed by atoms with van der Waals surface area (Å²) >= 11 is 0. The van der Waals surface area contributed by atoms with Gasteiger partial charge >= 0.3 is 5.97 Å². The maximum Gasteiger partial charge on any atom is 0.335 e. The molecule has 41 heavy (non-hydrogen) atoms. The van der Waals surface area contributed by atoms with E-state index in [1.165, 1.54) is 24.4 Å². The topological polar surface area (TPSA) is 172 Å². The van der Waals surface area contributed by atoms with Crippen LogP contribution in [0.4, 0.5) is 23.0 Å². The Balaban J connectivity index is 1.40. The Kier molecular flexibility index (Phi) is 8.20. The fraction of sp³-hybridized carbons (Fsp3) is 0.207. The first-order valence-corrected chi connectivity index (χ1v) is 12.8. The van der Waals surface area contributed by atoms with Crippen LogP contribution in [0.5, 0.6) is 11.5 Å². The summed E-state index contributed by atoms with van der Waals surface area (Å²) in [4.78, 5) is 31.0. The number of aromatic nitrogens is 2. The predicted octanol–water partition coefficient (Wildman–Crippen LogP) is 5.21. The summed E-state index contributed by atoms with van der Waals surface area (Å²) in [5.74, 6) is 0.240. The van der Waals surface area contributed by atoms with Crippen LogP contribution in [-0.2, 0) is 11.3 Å². The van der Waals surface area contributed by atoms with E-state index in [1.54, 1.807) is 24.3 Å². The van der Waals surface area contributed by atoms with Crippen molar-refractivity contribution in [2.45, 2.75) is 25.6 Å². The van der Waals surface area contributed by atoms with Gasteiger partial charge in [-0.05, 0) is 73.5 Å². The lowest BCUT2D eigenvalue weighted by atomic mass is 10.1. The van der Waals surface area contributed by atoms with Gasteiger partial charge in [0.1, 0.15) is 24.2 Å². The van der Waals surface area contributed by atoms with Gasteiger partial charge in [0.15, 0.2) is 0 Å². The van der Waals surface area contributed by atoms with Crippen LogP contribution in [0.2, 0.25) is 0 Å². The molecule has 210 valence electrons. The van der Waals surface area contributed by atoms with E-state index in [4.69, 9.17) is 19.9 Å². The maximum absolute atomic E-state index is 11.7. The van der Waals surface area contributed by atoms with Gasteiger partial charge in [-0.2, -0.15) is 0 Å². The number of ether oxygens (including phenoxy) is 3. The molecule has 4 N–H and O–H groups in total. The van der Waals surface area contributed by atoms with Gasteiger partial charge in [-0.25, -0.2) is 14.8 Å². The van der Waals surface area contributed by atoms with E-state index < -0.39 is 10.9 Å². The van der Waals surface area contributed by atoms with E-state index >= 15 is 0 Å². The summed E-state index contributed by atoms with van der Waals surface area (Å²) in [6, 6.07) is 17.8. The van der Waals surface area contributed by atoms with Gasteiger partial charge in [-0.15, -0.1) is 0 Å². The third kappa shape index (κ3) is 6.86. The van der Waals surface area contributed by atoms with Crippen molar-refractivity contribution in [3.63, 3.8) is 0 Å². The van der Waals surface area contributed by atoms with Gasteiger partial charge in [0, 0.05) is 35.8 Å². The maximum atomic E-state index is 11.7. The Bertz CT molecular complexity index is 1560. The van der Waals surface area contributed by atoms with Gasteiger partial charge < -0.3 is 30.4 Å². The van der Waals surface area contributed by atoms with Gasteiger partial charge in [0.2, 0.25) is 5.95 Å². The van der Waals surface area contributed by atoms with Crippen LogP contribution in [0.1, 0.15) is 28.8 Å². The molecule has 1 atom stereocenters. The quantitative estimate of drug-likeness (QED) is 0.133. The second-order valence-corrected chi connectivity index (χ2v) is 9.32. The highest BCUT2D eigenvalue weighted by Gasteiger charge is 2.21. The van der Waals surface area contributed by atoms with Crippen LogP contribution in [0, 0.1) is 10.1 Å². The number of benzene rings is 3. The lowest BCUT2D eigenvalue weighted by Gasteiger charge is -2.25. The van der Waals surface area contributed by atoms with Crippen molar-refractivity contribution >= 4 is 29.0 Å². The molecule has 2 heterocycles. The molecule has 0 spiro atoms. The number of nitro groups is 1. The fourth-order valence-corrected chi connectivity index (χ4v) is 4.32. The molecule has 0 amide bonds. The summed E-state index contributed by atoms with van der Waals surface area (Å²) in [5.41, 5.74) is 7.69. The molecule has 1 saturated heterocycles. The third-order valence-electron chi connectivity index (χ3n) is 6.38. The van der Waals surface area contributed by atoms with Gasteiger partial charge in [-0.1, -0.05) is 0 Å². The molecule has 1 unspecified atom stereocenters. The largest absolute Gasteiger partial charge is 0.489 e. The number of hydrogen-bond donors (Lipinski definition) is 3. The molecule has 1 aliphatic heterocycles. The Morgan fingerprint density at radius 3 is 2.71 bits per heavy atom. The third-order valence-corrected chi connectivity index (χ3v) is 6.38. The van der Waals surface area contributed by atoms with Gasteiger partial charge in [-0.3, -0.25) is 10.1 Å². The zero-order valence-corrected chi connectivity index (χ0v) is 21.9. The first-order chi connectivity index (χ1) is 19.9. The molecule has 0 bridgehead atoms. The number of carboxylic acids is 1. The highest BCUT2D eigenvalue weighted by molar-refractivity contribution is 5.90. The van der Waals surface area contributed by atoms with Crippen LogP contribution in [0.25, 0.3) is 11.3 Å². The molecule has 0 aliphatic carbocycles. The van der Waals surface area contributed by atoms with E-state index in [0.29, 0.717) is 29.5 Å². The number of rotatable bonds is 10. The molecule has 12 nitrogen and oxygen atoms in total. The zero-order valence-electron chi connectivity index (χ0n) is 21.9. The summed E-state index contributed by atoms with van der Waals surface area (Å²) in [6.07, 6.45) is 3.21. The molecule has 4 aromatic rings. The molecule has 12 heteroatoms. The van der Waals surface area contributed by atoms with E-state index in [2.05, 4.69) is 15.3 Å². The Hall–Kier alpha value is -5.23. The lowest BCUT2D eigenvalue weighted by Crippen LogP contribution is -2.28. The minimum Gasteiger partial charge on any atom is -0.489 e. The molecule has 0 saturated carbocycles. The van der Waals surface area contributed by atoms with Crippen molar-refractivity contribution in [3.8, 4) is 22.8 Å². The van der Waals surface area contributed by atoms with Crippen LogP contribution < -0.4 is 20.5 Å². The monoisotopic (exact) mass is 557 g/mol.